The molecule has 2 unspecified atom stereocenters. The van der Waals surface area contributed by atoms with Gasteiger partial charge in [0.25, 0.3) is 0 Å². The first-order chi connectivity index (χ1) is 20.8. The van der Waals surface area contributed by atoms with E-state index in [1.165, 1.54) is 11.1 Å². The van der Waals surface area contributed by atoms with Gasteiger partial charge in [0.2, 0.25) is 5.28 Å². The summed E-state index contributed by atoms with van der Waals surface area (Å²) in [5, 5.41) is 11.0. The van der Waals surface area contributed by atoms with Crippen molar-refractivity contribution in [3.8, 4) is 0 Å². The molecule has 2 N–H and O–H groups in total. The van der Waals surface area contributed by atoms with E-state index in [-0.39, 0.29) is 17.1 Å². The lowest BCUT2D eigenvalue weighted by Gasteiger charge is -2.24. The zero-order chi connectivity index (χ0) is 29.7. The largest absolute Gasteiger partial charge is 0.367 e. The second-order valence-electron chi connectivity index (χ2n) is 11.7. The fourth-order valence-electron chi connectivity index (χ4n) is 5.89. The molecule has 12 heteroatoms. The summed E-state index contributed by atoms with van der Waals surface area (Å²) < 4.78 is 21.1. The van der Waals surface area contributed by atoms with Crippen LogP contribution in [-0.4, -0.2) is 59.2 Å². The van der Waals surface area contributed by atoms with Crippen molar-refractivity contribution in [3.05, 3.63) is 95.1 Å². The number of fused-ring (bicyclic) bond motifs is 2. The van der Waals surface area contributed by atoms with Crippen LogP contribution < -0.4 is 5.32 Å². The lowest BCUT2D eigenvalue weighted by atomic mass is 9.91. The van der Waals surface area contributed by atoms with Gasteiger partial charge in [-0.15, -0.1) is 0 Å². The summed E-state index contributed by atoms with van der Waals surface area (Å²) in [5.41, 5.74) is 3.48. The van der Waals surface area contributed by atoms with E-state index in [4.69, 9.17) is 30.8 Å². The number of nitrogens with one attached hydrogen (secondary N) is 2. The smallest absolute Gasteiger partial charge is 0.226 e. The Bertz CT molecular complexity index is 1690. The molecule has 7 rings (SSSR count). The highest BCUT2D eigenvalue weighted by molar-refractivity contribution is 6.28. The van der Waals surface area contributed by atoms with E-state index in [1.54, 1.807) is 6.33 Å². The van der Waals surface area contributed by atoms with E-state index >= 15 is 0 Å². The van der Waals surface area contributed by atoms with Gasteiger partial charge in [-0.2, -0.15) is 15.1 Å². The van der Waals surface area contributed by atoms with E-state index in [1.807, 2.05) is 68.7 Å². The number of H-pyrrole nitrogens is 1. The number of halogens is 1. The molecule has 5 heterocycles. The average Bonchev–Trinajstić information content (AvgIpc) is 3.77. The summed E-state index contributed by atoms with van der Waals surface area (Å²) >= 11 is 6.50. The first-order valence-electron chi connectivity index (χ1n) is 14.4. The monoisotopic (exact) mass is 600 g/mol. The third-order valence-corrected chi connectivity index (χ3v) is 8.05. The molecule has 43 heavy (non-hydrogen) atoms. The van der Waals surface area contributed by atoms with Gasteiger partial charge in [0.15, 0.2) is 40.6 Å². The average molecular weight is 601 g/mol. The highest BCUT2D eigenvalue weighted by Crippen LogP contribution is 2.49. The summed E-state index contributed by atoms with van der Waals surface area (Å²) in [4.78, 5) is 18.5. The van der Waals surface area contributed by atoms with E-state index in [2.05, 4.69) is 54.7 Å². The van der Waals surface area contributed by atoms with Crippen LogP contribution in [0.25, 0.3) is 11.2 Å². The molecule has 0 amide bonds. The van der Waals surface area contributed by atoms with E-state index in [0.29, 0.717) is 35.2 Å². The third-order valence-electron chi connectivity index (χ3n) is 7.88. The highest BCUT2D eigenvalue weighted by atomic mass is 35.5. The molecule has 222 valence electrons. The Morgan fingerprint density at radius 2 is 1.63 bits per heavy atom. The molecular weight excluding hydrogens is 568 g/mol. The Morgan fingerprint density at radius 1 is 0.953 bits per heavy atom. The summed E-state index contributed by atoms with van der Waals surface area (Å²) in [6.07, 6.45) is -0.310. The van der Waals surface area contributed by atoms with Crippen molar-refractivity contribution in [3.63, 3.8) is 0 Å². The third kappa shape index (κ3) is 5.27. The van der Waals surface area contributed by atoms with Crippen LogP contribution in [0.15, 0.2) is 67.0 Å². The zero-order valence-electron chi connectivity index (χ0n) is 24.3. The molecule has 3 aromatic heterocycles. The predicted molar refractivity (Wildman–Crippen MR) is 161 cm³/mol. The van der Waals surface area contributed by atoms with Gasteiger partial charge in [0.05, 0.1) is 6.33 Å². The molecule has 0 aliphatic carbocycles. The number of rotatable bonds is 8. The number of hydrogen-bond donors (Lipinski definition) is 2. The topological polar surface area (TPSA) is 125 Å². The predicted octanol–water partition coefficient (Wildman–Crippen LogP) is 5.76. The molecule has 0 saturated carbocycles. The maximum Gasteiger partial charge on any atom is 0.226 e. The second kappa shape index (κ2) is 11.0. The van der Waals surface area contributed by atoms with Crippen LogP contribution in [0.4, 0.5) is 5.82 Å². The summed E-state index contributed by atoms with van der Waals surface area (Å²) in [7, 11) is 0. The van der Waals surface area contributed by atoms with E-state index in [9.17, 15) is 0 Å². The Labute approximate surface area is 254 Å². The lowest BCUT2D eigenvalue weighted by molar-refractivity contribution is -0.198. The van der Waals surface area contributed by atoms with E-state index in [0.717, 1.165) is 0 Å². The fourth-order valence-corrected chi connectivity index (χ4v) is 6.06. The van der Waals surface area contributed by atoms with Crippen molar-refractivity contribution < 1.29 is 14.2 Å². The van der Waals surface area contributed by atoms with Crippen molar-refractivity contribution in [1.29, 1.82) is 0 Å². The maximum absolute atomic E-state index is 6.56. The molecular formula is C31H33ClN8O3. The van der Waals surface area contributed by atoms with Crippen LogP contribution in [0, 0.1) is 0 Å². The van der Waals surface area contributed by atoms with Crippen molar-refractivity contribution in [2.24, 2.45) is 0 Å². The van der Waals surface area contributed by atoms with Crippen LogP contribution in [0.5, 0.6) is 0 Å². The summed E-state index contributed by atoms with van der Waals surface area (Å²) in [6.45, 7) is 8.44. The van der Waals surface area contributed by atoms with Gasteiger partial charge in [-0.25, -0.2) is 9.97 Å². The Balaban J connectivity index is 1.21. The highest BCUT2D eigenvalue weighted by Gasteiger charge is 2.57. The number of imidazole rings is 1. The Morgan fingerprint density at radius 3 is 2.28 bits per heavy atom. The van der Waals surface area contributed by atoms with Gasteiger partial charge in [-0.3, -0.25) is 9.67 Å². The number of hydrogen-bond acceptors (Lipinski definition) is 9. The van der Waals surface area contributed by atoms with Crippen LogP contribution in [0.3, 0.4) is 0 Å². The molecule has 0 bridgehead atoms. The minimum absolute atomic E-state index is 0.0804. The number of benzene rings is 2. The fraction of sp³-hybridized carbons (Fsp3) is 0.387. The number of anilines is 1. The molecule has 0 spiro atoms. The normalized spacial score (nSPS) is 23.0. The molecule has 11 nitrogen and oxygen atoms in total. The van der Waals surface area contributed by atoms with Crippen LogP contribution in [0.1, 0.15) is 74.6 Å². The van der Waals surface area contributed by atoms with Crippen molar-refractivity contribution in [2.45, 2.75) is 69.9 Å². The van der Waals surface area contributed by atoms with Crippen molar-refractivity contribution in [2.75, 3.05) is 11.9 Å². The molecule has 5 aromatic rings. The molecule has 2 aliphatic rings. The molecule has 2 fully saturated rings. The molecule has 2 aromatic carbocycles. The number of ether oxygens (including phenoxy) is 3. The quantitative estimate of drug-likeness (QED) is 0.214. The van der Waals surface area contributed by atoms with Crippen LogP contribution in [0.2, 0.25) is 5.28 Å². The van der Waals surface area contributed by atoms with Crippen LogP contribution >= 0.6 is 11.6 Å². The van der Waals surface area contributed by atoms with Gasteiger partial charge in [-0.1, -0.05) is 74.5 Å². The standard InChI is InChI=1S/C31H33ClN8O3/c1-17(2)25-35-27(39-38-25)23-22-24(43-31(3,4)42-22)29(41-23)40-16-34-21-26(36-30(32)37-28(21)40)33-15-20(18-11-7-5-8-12-18)19-13-9-6-10-14-19/h5-14,16-17,20,22-24,29H,15H2,1-4H3,(H,33,36,37)(H,35,38,39)/t22-,23?,24-,29?/m1/s1. The number of nitrogens with zero attached hydrogens (tertiary/aromatic N) is 6. The molecule has 4 atom stereocenters. The summed E-state index contributed by atoms with van der Waals surface area (Å²) in [6, 6.07) is 20.8. The second-order valence-corrected chi connectivity index (χ2v) is 12.0. The first kappa shape index (κ1) is 27.9. The van der Waals surface area contributed by atoms with Crippen LogP contribution in [-0.2, 0) is 14.2 Å². The van der Waals surface area contributed by atoms with Gasteiger partial charge in [0, 0.05) is 18.4 Å². The van der Waals surface area contributed by atoms with Gasteiger partial charge in [-0.05, 0) is 36.6 Å². The Hall–Kier alpha value is -3.90. The van der Waals surface area contributed by atoms with Gasteiger partial charge in [0.1, 0.15) is 18.3 Å². The molecule has 0 radical (unpaired) electrons. The van der Waals surface area contributed by atoms with Crippen molar-refractivity contribution in [1.82, 2.24) is 34.7 Å². The first-order valence-corrected chi connectivity index (χ1v) is 14.8. The SMILES string of the molecule is CC(C)c1n[nH]c(C2OC(n3cnc4c(NCC(c5ccccc5)c5ccccc5)nc(Cl)nc43)[C@@H]3OC(C)(C)O[C@H]23)n1. The molecule has 2 saturated heterocycles. The molecule has 2 aliphatic heterocycles. The van der Waals surface area contributed by atoms with Crippen molar-refractivity contribution >= 4 is 28.6 Å². The lowest BCUT2D eigenvalue weighted by Crippen LogP contribution is -2.27. The minimum atomic E-state index is -0.809. The number of aromatic nitrogens is 7. The van der Waals surface area contributed by atoms with Gasteiger partial charge < -0.3 is 19.5 Å². The minimum Gasteiger partial charge on any atom is -0.367 e. The van der Waals surface area contributed by atoms with E-state index < -0.39 is 30.3 Å². The number of aromatic amines is 1. The maximum atomic E-state index is 6.56. The summed E-state index contributed by atoms with van der Waals surface area (Å²) in [5.74, 6) is 1.28. The zero-order valence-corrected chi connectivity index (χ0v) is 25.1. The van der Waals surface area contributed by atoms with Gasteiger partial charge >= 0.3 is 0 Å². The Kier molecular flexibility index (Phi) is 7.13.